The number of anilines is 2. The summed E-state index contributed by atoms with van der Waals surface area (Å²) < 4.78 is 1.69. The van der Waals surface area contributed by atoms with Gasteiger partial charge >= 0.3 is 0 Å². The van der Waals surface area contributed by atoms with Gasteiger partial charge in [0.25, 0.3) is 5.95 Å². The number of fused-ring (bicyclic) bond motifs is 2. The normalized spacial score (nSPS) is 13.6. The molecule has 0 spiro atoms. The maximum absolute atomic E-state index is 12.6. The van der Waals surface area contributed by atoms with Gasteiger partial charge < -0.3 is 5.32 Å². The standard InChI is InChI=1S/C21H17N5O/c27-18-8-3-7-17-19(18)20(25-26(17)21-22-11-4-12-23-21)24-16-10-9-14-5-1-2-6-15(14)13-16/h1-2,4-6,9-13H,3,7-8H2,(H,24,25). The van der Waals surface area contributed by atoms with Crippen LogP contribution in [-0.4, -0.2) is 25.5 Å². The highest BCUT2D eigenvalue weighted by Crippen LogP contribution is 2.31. The minimum atomic E-state index is 0.113. The summed E-state index contributed by atoms with van der Waals surface area (Å²) in [5.74, 6) is 1.16. The quantitative estimate of drug-likeness (QED) is 0.599. The van der Waals surface area contributed by atoms with Crippen molar-refractivity contribution in [3.63, 3.8) is 0 Å². The van der Waals surface area contributed by atoms with E-state index in [2.05, 4.69) is 44.6 Å². The molecule has 1 aliphatic rings. The second-order valence-electron chi connectivity index (χ2n) is 6.59. The smallest absolute Gasteiger partial charge is 0.250 e. The van der Waals surface area contributed by atoms with Crippen molar-refractivity contribution in [3.8, 4) is 5.95 Å². The molecule has 6 nitrogen and oxygen atoms in total. The summed E-state index contributed by atoms with van der Waals surface area (Å²) in [6.45, 7) is 0. The second-order valence-corrected chi connectivity index (χ2v) is 6.59. The fourth-order valence-electron chi connectivity index (χ4n) is 3.58. The largest absolute Gasteiger partial charge is 0.338 e. The van der Waals surface area contributed by atoms with Crippen LogP contribution in [0.2, 0.25) is 0 Å². The average molecular weight is 355 g/mol. The fourth-order valence-corrected chi connectivity index (χ4v) is 3.58. The van der Waals surface area contributed by atoms with E-state index in [1.54, 1.807) is 23.1 Å². The first kappa shape index (κ1) is 15.7. The van der Waals surface area contributed by atoms with E-state index < -0.39 is 0 Å². The molecule has 2 heterocycles. The lowest BCUT2D eigenvalue weighted by Crippen LogP contribution is -2.14. The van der Waals surface area contributed by atoms with E-state index in [9.17, 15) is 4.79 Å². The van der Waals surface area contributed by atoms with Crippen LogP contribution in [0.4, 0.5) is 11.5 Å². The van der Waals surface area contributed by atoms with Gasteiger partial charge in [0.05, 0.1) is 11.3 Å². The number of benzene rings is 2. The van der Waals surface area contributed by atoms with Crippen LogP contribution in [0.25, 0.3) is 16.7 Å². The maximum atomic E-state index is 12.6. The van der Waals surface area contributed by atoms with E-state index in [1.807, 2.05) is 18.2 Å². The van der Waals surface area contributed by atoms with Crippen molar-refractivity contribution < 1.29 is 4.79 Å². The minimum Gasteiger partial charge on any atom is -0.338 e. The monoisotopic (exact) mass is 355 g/mol. The number of ketones is 1. The molecule has 1 N–H and O–H groups in total. The van der Waals surface area contributed by atoms with Gasteiger partial charge in [-0.2, -0.15) is 0 Å². The van der Waals surface area contributed by atoms with E-state index in [0.717, 1.165) is 29.6 Å². The number of hydrogen-bond acceptors (Lipinski definition) is 5. The van der Waals surface area contributed by atoms with Crippen molar-refractivity contribution in [3.05, 3.63) is 72.2 Å². The molecule has 4 aromatic rings. The lowest BCUT2D eigenvalue weighted by atomic mass is 9.96. The molecule has 0 bridgehead atoms. The molecule has 2 aromatic heterocycles. The third kappa shape index (κ3) is 2.75. The van der Waals surface area contributed by atoms with Crippen molar-refractivity contribution in [2.45, 2.75) is 19.3 Å². The Bertz CT molecular complexity index is 1150. The molecule has 0 saturated heterocycles. The number of carbonyl (C=O) groups is 1. The van der Waals surface area contributed by atoms with Gasteiger partial charge in [-0.15, -0.1) is 5.10 Å². The highest BCUT2D eigenvalue weighted by atomic mass is 16.1. The van der Waals surface area contributed by atoms with Gasteiger partial charge in [-0.3, -0.25) is 4.79 Å². The van der Waals surface area contributed by atoms with Gasteiger partial charge in [0.2, 0.25) is 0 Å². The Hall–Kier alpha value is -3.54. The summed E-state index contributed by atoms with van der Waals surface area (Å²) >= 11 is 0. The Kier molecular flexibility index (Phi) is 3.67. The zero-order valence-electron chi connectivity index (χ0n) is 14.6. The average Bonchev–Trinajstić information content (AvgIpc) is 3.08. The first-order valence-corrected chi connectivity index (χ1v) is 8.98. The number of rotatable bonds is 3. The van der Waals surface area contributed by atoms with E-state index in [4.69, 9.17) is 0 Å². The van der Waals surface area contributed by atoms with Crippen LogP contribution in [0.5, 0.6) is 0 Å². The number of nitrogens with zero attached hydrogens (tertiary/aromatic N) is 4. The van der Waals surface area contributed by atoms with Gasteiger partial charge in [-0.1, -0.05) is 30.3 Å². The van der Waals surface area contributed by atoms with Gasteiger partial charge in [-0.05, 0) is 41.8 Å². The summed E-state index contributed by atoms with van der Waals surface area (Å²) in [5.41, 5.74) is 2.43. The first-order valence-electron chi connectivity index (χ1n) is 8.98. The van der Waals surface area contributed by atoms with E-state index >= 15 is 0 Å². The predicted molar refractivity (Wildman–Crippen MR) is 104 cm³/mol. The summed E-state index contributed by atoms with van der Waals surface area (Å²) in [6, 6.07) is 16.1. The Balaban J connectivity index is 1.61. The van der Waals surface area contributed by atoms with Crippen LogP contribution in [0, 0.1) is 0 Å². The van der Waals surface area contributed by atoms with Crippen LogP contribution in [0.1, 0.15) is 28.9 Å². The molecule has 0 atom stereocenters. The van der Waals surface area contributed by atoms with Crippen molar-refractivity contribution in [1.82, 2.24) is 19.7 Å². The van der Waals surface area contributed by atoms with Crippen LogP contribution in [0.3, 0.4) is 0 Å². The van der Waals surface area contributed by atoms with Crippen LogP contribution in [0.15, 0.2) is 60.9 Å². The van der Waals surface area contributed by atoms with Gasteiger partial charge in [-0.25, -0.2) is 14.6 Å². The number of Topliss-reactive ketones (excluding diaryl/α,β-unsaturated/α-hetero) is 1. The minimum absolute atomic E-state index is 0.113. The van der Waals surface area contributed by atoms with Crippen LogP contribution in [-0.2, 0) is 6.42 Å². The molecule has 0 unspecified atom stereocenters. The number of nitrogens with one attached hydrogen (secondary N) is 1. The molecule has 27 heavy (non-hydrogen) atoms. The van der Waals surface area contributed by atoms with Gasteiger partial charge in [0.15, 0.2) is 11.6 Å². The zero-order chi connectivity index (χ0) is 18.2. The Morgan fingerprint density at radius 3 is 2.59 bits per heavy atom. The van der Waals surface area contributed by atoms with Crippen molar-refractivity contribution in [2.24, 2.45) is 0 Å². The lowest BCUT2D eigenvalue weighted by molar-refractivity contribution is 0.0973. The molecular weight excluding hydrogens is 338 g/mol. The Morgan fingerprint density at radius 1 is 0.926 bits per heavy atom. The summed E-state index contributed by atoms with van der Waals surface area (Å²) in [4.78, 5) is 21.2. The van der Waals surface area contributed by atoms with Crippen LogP contribution >= 0.6 is 0 Å². The number of hydrogen-bond donors (Lipinski definition) is 1. The Morgan fingerprint density at radius 2 is 1.74 bits per heavy atom. The molecule has 2 aromatic carbocycles. The molecule has 1 aliphatic carbocycles. The number of aromatic nitrogens is 4. The Labute approximate surface area is 155 Å². The summed E-state index contributed by atoms with van der Waals surface area (Å²) in [6.07, 6.45) is 5.50. The summed E-state index contributed by atoms with van der Waals surface area (Å²) in [7, 11) is 0. The summed E-state index contributed by atoms with van der Waals surface area (Å²) in [5, 5.41) is 10.3. The van der Waals surface area contributed by atoms with Crippen LogP contribution < -0.4 is 5.32 Å². The van der Waals surface area contributed by atoms with Gasteiger partial charge in [0.1, 0.15) is 0 Å². The molecule has 0 saturated carbocycles. The second kappa shape index (κ2) is 6.32. The number of carbonyl (C=O) groups excluding carboxylic acids is 1. The highest BCUT2D eigenvalue weighted by molar-refractivity contribution is 6.03. The van der Waals surface area contributed by atoms with E-state index in [-0.39, 0.29) is 5.78 Å². The first-order chi connectivity index (χ1) is 13.3. The van der Waals surface area contributed by atoms with Gasteiger partial charge in [0, 0.05) is 24.5 Å². The molecular formula is C21H17N5O. The topological polar surface area (TPSA) is 72.7 Å². The molecule has 0 amide bonds. The van der Waals surface area contributed by atoms with Crippen molar-refractivity contribution in [2.75, 3.05) is 5.32 Å². The van der Waals surface area contributed by atoms with Crippen molar-refractivity contribution >= 4 is 28.1 Å². The van der Waals surface area contributed by atoms with Crippen molar-refractivity contribution in [1.29, 1.82) is 0 Å². The lowest BCUT2D eigenvalue weighted by Gasteiger charge is -2.13. The molecule has 6 heteroatoms. The zero-order valence-corrected chi connectivity index (χ0v) is 14.6. The highest BCUT2D eigenvalue weighted by Gasteiger charge is 2.28. The molecule has 5 rings (SSSR count). The fraction of sp³-hybridized carbons (Fsp3) is 0.143. The molecule has 132 valence electrons. The maximum Gasteiger partial charge on any atom is 0.250 e. The SMILES string of the molecule is O=C1CCCc2c1c(Nc1ccc3ccccc3c1)nn2-c1ncccn1. The third-order valence-corrected chi connectivity index (χ3v) is 4.83. The molecule has 0 aliphatic heterocycles. The molecule has 0 fully saturated rings. The van der Waals surface area contributed by atoms with E-state index in [1.165, 1.54) is 5.39 Å². The molecule has 0 radical (unpaired) electrons. The van der Waals surface area contributed by atoms with E-state index in [0.29, 0.717) is 23.8 Å². The third-order valence-electron chi connectivity index (χ3n) is 4.83. The predicted octanol–water partition coefficient (Wildman–Crippen LogP) is 4.08.